The highest BCUT2D eigenvalue weighted by Gasteiger charge is 2.14. The number of amides is 1. The number of rotatable bonds is 4. The van der Waals surface area contributed by atoms with Crippen LogP contribution in [0.2, 0.25) is 5.02 Å². The van der Waals surface area contributed by atoms with Crippen LogP contribution in [0, 0.1) is 0 Å². The molecule has 1 amide bonds. The summed E-state index contributed by atoms with van der Waals surface area (Å²) in [5.74, 6) is 0.301. The van der Waals surface area contributed by atoms with E-state index in [1.54, 1.807) is 23.0 Å². The Morgan fingerprint density at radius 1 is 1.32 bits per heavy atom. The second-order valence-electron chi connectivity index (χ2n) is 4.55. The zero-order chi connectivity index (χ0) is 15.5. The number of anilines is 1. The molecule has 0 saturated heterocycles. The summed E-state index contributed by atoms with van der Waals surface area (Å²) in [5, 5.41) is 7.70. The lowest BCUT2D eigenvalue weighted by atomic mass is 10.2. The van der Waals surface area contributed by atoms with Gasteiger partial charge in [-0.2, -0.15) is 5.10 Å². The van der Waals surface area contributed by atoms with E-state index in [1.807, 2.05) is 24.3 Å². The van der Waals surface area contributed by atoms with Crippen molar-refractivity contribution in [3.63, 3.8) is 0 Å². The molecule has 0 aliphatic heterocycles. The molecule has 22 heavy (non-hydrogen) atoms. The van der Waals surface area contributed by atoms with Crippen LogP contribution in [-0.2, 0) is 6.54 Å². The van der Waals surface area contributed by atoms with Crippen LogP contribution in [-0.4, -0.2) is 15.7 Å². The third-order valence-electron chi connectivity index (χ3n) is 2.98. The summed E-state index contributed by atoms with van der Waals surface area (Å²) in [6.07, 6.45) is 3.22. The van der Waals surface area contributed by atoms with Crippen molar-refractivity contribution in [3.8, 4) is 0 Å². The van der Waals surface area contributed by atoms with Gasteiger partial charge < -0.3 is 9.73 Å². The van der Waals surface area contributed by atoms with Gasteiger partial charge in [0.15, 0.2) is 11.6 Å². The van der Waals surface area contributed by atoms with E-state index in [0.29, 0.717) is 21.9 Å². The molecule has 0 bridgehead atoms. The van der Waals surface area contributed by atoms with E-state index in [1.165, 1.54) is 6.26 Å². The Kier molecular flexibility index (Phi) is 4.31. The molecule has 0 fully saturated rings. The van der Waals surface area contributed by atoms with Gasteiger partial charge in [-0.05, 0) is 39.7 Å². The SMILES string of the molecule is O=C(Nc1nn(Cc2ccccc2Cl)cc1Br)c1ccco1. The average Bonchev–Trinajstić information content (AvgIpc) is 3.12. The van der Waals surface area contributed by atoms with Crippen LogP contribution in [0.1, 0.15) is 16.1 Å². The Labute approximate surface area is 140 Å². The normalized spacial score (nSPS) is 10.6. The number of carbonyl (C=O) groups excluding carboxylic acids is 1. The van der Waals surface area contributed by atoms with Crippen LogP contribution < -0.4 is 5.32 Å². The highest BCUT2D eigenvalue weighted by Crippen LogP contribution is 2.23. The Morgan fingerprint density at radius 3 is 2.86 bits per heavy atom. The zero-order valence-corrected chi connectivity index (χ0v) is 13.6. The fraction of sp³-hybridized carbons (Fsp3) is 0.0667. The Bertz CT molecular complexity index is 799. The minimum Gasteiger partial charge on any atom is -0.459 e. The van der Waals surface area contributed by atoms with Crippen molar-refractivity contribution in [1.29, 1.82) is 0 Å². The van der Waals surface area contributed by atoms with Gasteiger partial charge in [0, 0.05) is 11.2 Å². The predicted octanol–water partition coefficient (Wildman–Crippen LogP) is 4.19. The number of carbonyl (C=O) groups is 1. The van der Waals surface area contributed by atoms with Crippen LogP contribution >= 0.6 is 27.5 Å². The second-order valence-corrected chi connectivity index (χ2v) is 5.81. The Hall–Kier alpha value is -2.05. The summed E-state index contributed by atoms with van der Waals surface area (Å²) in [6, 6.07) is 10.8. The lowest BCUT2D eigenvalue weighted by Gasteiger charge is -2.04. The molecule has 0 aliphatic rings. The van der Waals surface area contributed by atoms with Gasteiger partial charge in [0.05, 0.1) is 17.3 Å². The first kappa shape index (κ1) is 14.9. The van der Waals surface area contributed by atoms with Crippen LogP contribution in [0.4, 0.5) is 5.82 Å². The molecule has 0 radical (unpaired) electrons. The van der Waals surface area contributed by atoms with Gasteiger partial charge in [0.25, 0.3) is 5.91 Å². The van der Waals surface area contributed by atoms with Crippen LogP contribution in [0.15, 0.2) is 57.7 Å². The third-order valence-corrected chi connectivity index (χ3v) is 3.93. The molecule has 2 heterocycles. The van der Waals surface area contributed by atoms with E-state index in [2.05, 4.69) is 26.3 Å². The summed E-state index contributed by atoms with van der Waals surface area (Å²) in [6.45, 7) is 0.509. The van der Waals surface area contributed by atoms with Crippen molar-refractivity contribution in [1.82, 2.24) is 9.78 Å². The van der Waals surface area contributed by atoms with Gasteiger partial charge in [-0.25, -0.2) is 0 Å². The molecule has 0 atom stereocenters. The molecular formula is C15H11BrClN3O2. The standard InChI is InChI=1S/C15H11BrClN3O2/c16-11-9-20(8-10-4-1-2-5-12(10)17)19-14(11)18-15(21)13-6-3-7-22-13/h1-7,9H,8H2,(H,18,19,21). The summed E-state index contributed by atoms with van der Waals surface area (Å²) < 4.78 is 7.42. The first-order valence-corrected chi connectivity index (χ1v) is 7.62. The quantitative estimate of drug-likeness (QED) is 0.738. The maximum atomic E-state index is 12.0. The van der Waals surface area contributed by atoms with E-state index >= 15 is 0 Å². The molecule has 1 N–H and O–H groups in total. The minimum absolute atomic E-state index is 0.229. The first-order valence-electron chi connectivity index (χ1n) is 6.44. The molecular weight excluding hydrogens is 370 g/mol. The number of nitrogens with zero attached hydrogens (tertiary/aromatic N) is 2. The highest BCUT2D eigenvalue weighted by molar-refractivity contribution is 9.10. The lowest BCUT2D eigenvalue weighted by molar-refractivity contribution is 0.0996. The monoisotopic (exact) mass is 379 g/mol. The van der Waals surface area contributed by atoms with E-state index in [9.17, 15) is 4.79 Å². The molecule has 0 saturated carbocycles. The summed E-state index contributed by atoms with van der Waals surface area (Å²) >= 11 is 9.52. The van der Waals surface area contributed by atoms with Gasteiger partial charge in [-0.3, -0.25) is 9.48 Å². The molecule has 0 spiro atoms. The van der Waals surface area contributed by atoms with Gasteiger partial charge in [-0.1, -0.05) is 29.8 Å². The third kappa shape index (κ3) is 3.23. The van der Waals surface area contributed by atoms with Gasteiger partial charge >= 0.3 is 0 Å². The van der Waals surface area contributed by atoms with E-state index in [0.717, 1.165) is 5.56 Å². The minimum atomic E-state index is -0.353. The Morgan fingerprint density at radius 2 is 2.14 bits per heavy atom. The fourth-order valence-corrected chi connectivity index (χ4v) is 2.55. The zero-order valence-electron chi connectivity index (χ0n) is 11.3. The van der Waals surface area contributed by atoms with Crippen molar-refractivity contribution < 1.29 is 9.21 Å². The van der Waals surface area contributed by atoms with Gasteiger partial charge in [0.2, 0.25) is 0 Å². The number of hydrogen-bond acceptors (Lipinski definition) is 3. The molecule has 0 unspecified atom stereocenters. The summed E-state index contributed by atoms with van der Waals surface area (Å²) in [7, 11) is 0. The number of furan rings is 1. The molecule has 3 rings (SSSR count). The number of nitrogens with one attached hydrogen (secondary N) is 1. The number of halogens is 2. The van der Waals surface area contributed by atoms with E-state index in [-0.39, 0.29) is 11.7 Å². The maximum absolute atomic E-state index is 12.0. The van der Waals surface area contributed by atoms with Crippen molar-refractivity contribution in [2.24, 2.45) is 0 Å². The van der Waals surface area contributed by atoms with Crippen molar-refractivity contribution in [2.45, 2.75) is 6.54 Å². The molecule has 7 heteroatoms. The largest absolute Gasteiger partial charge is 0.459 e. The molecule has 112 valence electrons. The van der Waals surface area contributed by atoms with E-state index < -0.39 is 0 Å². The predicted molar refractivity (Wildman–Crippen MR) is 87.1 cm³/mol. The van der Waals surface area contributed by atoms with Crippen LogP contribution in [0.25, 0.3) is 0 Å². The first-order chi connectivity index (χ1) is 10.6. The van der Waals surface area contributed by atoms with Crippen molar-refractivity contribution in [3.05, 3.63) is 69.7 Å². The van der Waals surface area contributed by atoms with E-state index in [4.69, 9.17) is 16.0 Å². The number of aromatic nitrogens is 2. The van der Waals surface area contributed by atoms with Gasteiger partial charge in [-0.15, -0.1) is 0 Å². The summed E-state index contributed by atoms with van der Waals surface area (Å²) in [5.41, 5.74) is 0.947. The average molecular weight is 381 g/mol. The lowest BCUT2D eigenvalue weighted by Crippen LogP contribution is -2.12. The van der Waals surface area contributed by atoms with Crippen LogP contribution in [0.5, 0.6) is 0 Å². The van der Waals surface area contributed by atoms with Crippen LogP contribution in [0.3, 0.4) is 0 Å². The number of benzene rings is 1. The smallest absolute Gasteiger partial charge is 0.292 e. The number of hydrogen-bond donors (Lipinski definition) is 1. The molecule has 3 aromatic rings. The fourth-order valence-electron chi connectivity index (χ4n) is 1.94. The van der Waals surface area contributed by atoms with Crippen molar-refractivity contribution >= 4 is 39.3 Å². The Balaban J connectivity index is 1.76. The highest BCUT2D eigenvalue weighted by atomic mass is 79.9. The molecule has 1 aromatic carbocycles. The maximum Gasteiger partial charge on any atom is 0.292 e. The molecule has 5 nitrogen and oxygen atoms in total. The molecule has 0 aliphatic carbocycles. The van der Waals surface area contributed by atoms with Crippen molar-refractivity contribution in [2.75, 3.05) is 5.32 Å². The summed E-state index contributed by atoms with van der Waals surface area (Å²) in [4.78, 5) is 12.0. The van der Waals surface area contributed by atoms with Gasteiger partial charge in [0.1, 0.15) is 0 Å². The topological polar surface area (TPSA) is 60.1 Å². The molecule has 2 aromatic heterocycles. The second kappa shape index (κ2) is 6.37.